The van der Waals surface area contributed by atoms with Gasteiger partial charge < -0.3 is 9.47 Å². The number of cyclic esters (lactones) is 1. The van der Waals surface area contributed by atoms with Crippen molar-refractivity contribution in [2.24, 2.45) is 0 Å². The molecule has 1 aliphatic carbocycles. The molecule has 0 aromatic heterocycles. The van der Waals surface area contributed by atoms with Crippen LogP contribution in [0.3, 0.4) is 0 Å². The largest absolute Gasteiger partial charge is 0.494 e. The van der Waals surface area contributed by atoms with Gasteiger partial charge in [0.2, 0.25) is 6.21 Å². The Morgan fingerprint density at radius 2 is 1.70 bits per heavy atom. The van der Waals surface area contributed by atoms with Gasteiger partial charge in [0, 0.05) is 22.8 Å². The first-order valence-corrected chi connectivity index (χ1v) is 18.1. The number of hydrogen-bond acceptors (Lipinski definition) is 6. The molecule has 1 N–H and O–H groups in total. The van der Waals surface area contributed by atoms with Crippen LogP contribution in [-0.2, 0) is 14.6 Å². The number of Topliss-reactive ketones (excluding diaryl/α,β-unsaturated/α-hetero) is 1. The third kappa shape index (κ3) is 9.76. The van der Waals surface area contributed by atoms with Crippen molar-refractivity contribution in [1.29, 1.82) is 0 Å². The summed E-state index contributed by atoms with van der Waals surface area (Å²) in [7, 11) is 0. The number of amides is 1. The Morgan fingerprint density at radius 1 is 0.978 bits per heavy atom. The van der Waals surface area contributed by atoms with Gasteiger partial charge in [0.1, 0.15) is 24.3 Å². The number of ketones is 1. The minimum atomic E-state index is -0.627. The maximum Gasteiger partial charge on any atom is 0.412 e. The maximum absolute atomic E-state index is 12.7. The highest BCUT2D eigenvalue weighted by molar-refractivity contribution is 7.74. The van der Waals surface area contributed by atoms with Crippen molar-refractivity contribution in [2.45, 2.75) is 141 Å². The minimum absolute atomic E-state index is 0.0131. The first-order valence-electron chi connectivity index (χ1n) is 17.8. The summed E-state index contributed by atoms with van der Waals surface area (Å²) in [6.45, 7) is 6.53. The highest BCUT2D eigenvalue weighted by atomic mass is 32.1. The predicted octanol–water partition coefficient (Wildman–Crippen LogP) is 11.0. The van der Waals surface area contributed by atoms with Crippen LogP contribution >= 0.6 is 12.9 Å². The molecule has 0 bridgehead atoms. The lowest BCUT2D eigenvalue weighted by Crippen LogP contribution is -2.39. The van der Waals surface area contributed by atoms with Gasteiger partial charge in [0.15, 0.2) is 5.78 Å². The van der Waals surface area contributed by atoms with E-state index in [9.17, 15) is 9.59 Å². The molecule has 1 amide bonds. The zero-order valence-corrected chi connectivity index (χ0v) is 29.2. The lowest BCUT2D eigenvalue weighted by atomic mass is 9.81. The summed E-state index contributed by atoms with van der Waals surface area (Å²) in [5.41, 5.74) is 3.81. The van der Waals surface area contributed by atoms with E-state index in [0.29, 0.717) is 30.2 Å². The Labute approximate surface area is 282 Å². The van der Waals surface area contributed by atoms with Crippen LogP contribution in [0.25, 0.3) is 0 Å². The second-order valence-electron chi connectivity index (χ2n) is 13.1. The van der Waals surface area contributed by atoms with Crippen molar-refractivity contribution in [3.63, 3.8) is 0 Å². The number of nitrogens with zero attached hydrogens (tertiary/aromatic N) is 1. The van der Waals surface area contributed by atoms with Crippen LogP contribution in [-0.4, -0.2) is 29.4 Å². The third-order valence-electron chi connectivity index (χ3n) is 9.59. The number of rotatable bonds is 19. The summed E-state index contributed by atoms with van der Waals surface area (Å²) >= 11 is 4.10. The summed E-state index contributed by atoms with van der Waals surface area (Å²) in [4.78, 5) is 25.3. The molecule has 8 heteroatoms. The smallest absolute Gasteiger partial charge is 0.412 e. The number of unbranched alkanes of at least 4 members (excludes halogenated alkanes) is 7. The molecular weight excluding hydrogens is 596 g/mol. The fourth-order valence-electron chi connectivity index (χ4n) is 7.01. The highest BCUT2D eigenvalue weighted by Crippen LogP contribution is 2.45. The first-order chi connectivity index (χ1) is 22.4. The van der Waals surface area contributed by atoms with Crippen molar-refractivity contribution < 1.29 is 28.1 Å². The number of ether oxygens (including phenoxy) is 2. The number of anilines is 1. The van der Waals surface area contributed by atoms with E-state index in [-0.39, 0.29) is 11.9 Å². The third-order valence-corrected chi connectivity index (χ3v) is 9.76. The molecule has 252 valence electrons. The molecule has 0 spiro atoms. The number of carbonyl (C=O) groups excluding carboxylic acids is 2. The van der Waals surface area contributed by atoms with Crippen molar-refractivity contribution in [3.8, 4) is 5.75 Å². The van der Waals surface area contributed by atoms with Crippen LogP contribution in [0.1, 0.15) is 157 Å². The number of benzene rings is 2. The molecule has 1 saturated carbocycles. The van der Waals surface area contributed by atoms with Gasteiger partial charge in [-0.25, -0.2) is 4.79 Å². The normalized spacial score (nSPS) is 16.3. The lowest BCUT2D eigenvalue weighted by Gasteiger charge is -2.39. The minimum Gasteiger partial charge on any atom is -0.494 e. The molecule has 46 heavy (non-hydrogen) atoms. The van der Waals surface area contributed by atoms with Gasteiger partial charge in [-0.05, 0) is 87.6 Å². The summed E-state index contributed by atoms with van der Waals surface area (Å²) in [6.07, 6.45) is 19.8. The lowest BCUT2D eigenvalue weighted by molar-refractivity contribution is -0.672. The number of hydrogen-bond donors (Lipinski definition) is 2. The van der Waals surface area contributed by atoms with Gasteiger partial charge in [0.25, 0.3) is 5.69 Å². The molecule has 0 radical (unpaired) electrons. The summed E-state index contributed by atoms with van der Waals surface area (Å²) < 4.78 is 19.3. The predicted molar refractivity (Wildman–Crippen MR) is 189 cm³/mol. The highest BCUT2D eigenvalue weighted by Gasteiger charge is 2.41. The van der Waals surface area contributed by atoms with Crippen LogP contribution in [0, 0.1) is 0 Å². The van der Waals surface area contributed by atoms with Crippen LogP contribution in [0.5, 0.6) is 5.75 Å². The quantitative estimate of drug-likeness (QED) is 0.0301. The number of carbonyl (C=O) groups is 2. The molecule has 1 fully saturated rings. The van der Waals surface area contributed by atoms with E-state index in [0.717, 1.165) is 61.9 Å². The summed E-state index contributed by atoms with van der Waals surface area (Å²) in [6, 6.07) is 12.1. The molecule has 4 rings (SSSR count). The van der Waals surface area contributed by atoms with E-state index < -0.39 is 5.60 Å². The molecule has 0 unspecified atom stereocenters. The van der Waals surface area contributed by atoms with Crippen LogP contribution in [0.15, 0.2) is 36.4 Å². The van der Waals surface area contributed by atoms with Gasteiger partial charge in [0.05, 0.1) is 17.9 Å². The molecule has 2 aliphatic rings. The van der Waals surface area contributed by atoms with Crippen LogP contribution in [0.4, 0.5) is 16.2 Å². The van der Waals surface area contributed by atoms with E-state index in [2.05, 4.69) is 44.2 Å². The van der Waals surface area contributed by atoms with Gasteiger partial charge >= 0.3 is 6.09 Å². The van der Waals surface area contributed by atoms with Gasteiger partial charge in [-0.15, -0.1) is 0 Å². The van der Waals surface area contributed by atoms with E-state index in [1.54, 1.807) is 11.7 Å². The van der Waals surface area contributed by atoms with E-state index >= 15 is 0 Å². The standard InChI is InChI=1S/C38H54N2O5S/c1-4-6-8-13-23-38(24-14-9-7-5-2)34-28-32(20-21-35(34)39-37(42)44-38)43-26-16-15-25-40(45-46)36-22-19-31(27-33(36)29(3)41)30-17-11-10-12-18-30/h19-22,25,27-28,30H,4-18,23-24,26H2,1-3H3,(H-,39,42,46)/p+1. The number of nitrogens with one attached hydrogen (secondary N) is 1. The molecule has 1 aliphatic heterocycles. The Balaban J connectivity index is 1.42. The molecule has 2 aromatic carbocycles. The van der Waals surface area contributed by atoms with Crippen molar-refractivity contribution in [1.82, 2.24) is 0 Å². The fraction of sp³-hybridized carbons (Fsp3) is 0.605. The zero-order valence-electron chi connectivity index (χ0n) is 28.3. The SMILES string of the molecule is CCCCCCC1(CCCCCC)OC(=O)Nc2ccc(OCCCC=[N+](OS)c3ccc(C4CCCCC4)cc3C(C)=O)cc21. The van der Waals surface area contributed by atoms with E-state index in [1.807, 2.05) is 30.5 Å². The maximum atomic E-state index is 12.7. The fourth-order valence-corrected chi connectivity index (χ4v) is 7.17. The second-order valence-corrected chi connectivity index (χ2v) is 13.2. The number of thiol groups is 1. The van der Waals surface area contributed by atoms with E-state index in [4.69, 9.17) is 13.8 Å². The Bertz CT molecular complexity index is 1310. The topological polar surface area (TPSA) is 76.9 Å². The van der Waals surface area contributed by atoms with Crippen molar-refractivity contribution in [2.75, 3.05) is 11.9 Å². The molecule has 0 saturated heterocycles. The van der Waals surface area contributed by atoms with Gasteiger partial charge in [-0.1, -0.05) is 77.7 Å². The van der Waals surface area contributed by atoms with E-state index in [1.165, 1.54) is 63.4 Å². The molecule has 7 nitrogen and oxygen atoms in total. The number of fused-ring (bicyclic) bond motifs is 1. The van der Waals surface area contributed by atoms with Crippen molar-refractivity contribution >= 4 is 42.4 Å². The molecule has 2 aromatic rings. The Kier molecular flexibility index (Phi) is 14.3. The van der Waals surface area contributed by atoms with Gasteiger partial charge in [-0.2, -0.15) is 4.28 Å². The van der Waals surface area contributed by atoms with Crippen LogP contribution < -0.4 is 10.1 Å². The Hall–Kier alpha value is -3.00. The summed E-state index contributed by atoms with van der Waals surface area (Å²) in [5, 5.41) is 2.92. The van der Waals surface area contributed by atoms with Crippen molar-refractivity contribution in [3.05, 3.63) is 53.1 Å². The first kappa shape index (κ1) is 35.8. The molecular formula is C38H55N2O5S+. The molecule has 1 heterocycles. The average Bonchev–Trinajstić information content (AvgIpc) is 3.07. The Morgan fingerprint density at radius 3 is 2.35 bits per heavy atom. The molecule has 0 atom stereocenters. The monoisotopic (exact) mass is 651 g/mol. The average molecular weight is 652 g/mol. The van der Waals surface area contributed by atoms with Crippen LogP contribution in [0.2, 0.25) is 0 Å². The zero-order chi connectivity index (χ0) is 32.8. The summed E-state index contributed by atoms with van der Waals surface area (Å²) in [5.74, 6) is 1.30. The van der Waals surface area contributed by atoms with Gasteiger partial charge in [-0.3, -0.25) is 10.1 Å². The second kappa shape index (κ2) is 18.4.